The Bertz CT molecular complexity index is 763. The van der Waals surface area contributed by atoms with E-state index in [-0.39, 0.29) is 24.0 Å². The van der Waals surface area contributed by atoms with Gasteiger partial charge in [-0.3, -0.25) is 0 Å². The summed E-state index contributed by atoms with van der Waals surface area (Å²) >= 11 is 1.78. The molecule has 27 heavy (non-hydrogen) atoms. The molecule has 4 rings (SSSR count). The fraction of sp³-hybridized carbons (Fsp3) is 0.632. The van der Waals surface area contributed by atoms with Gasteiger partial charge in [0.15, 0.2) is 11.8 Å². The van der Waals surface area contributed by atoms with Crippen molar-refractivity contribution >= 4 is 41.3 Å². The van der Waals surface area contributed by atoms with Crippen molar-refractivity contribution in [3.05, 3.63) is 34.0 Å². The predicted molar refractivity (Wildman–Crippen MR) is 121 cm³/mol. The molecule has 8 heteroatoms. The summed E-state index contributed by atoms with van der Waals surface area (Å²) in [7, 11) is 2.00. The van der Waals surface area contributed by atoms with Gasteiger partial charge in [-0.25, -0.2) is 4.99 Å². The number of hydrogen-bond acceptors (Lipinski definition) is 4. The maximum atomic E-state index is 4.92. The molecule has 1 aliphatic heterocycles. The molecule has 2 aliphatic rings. The van der Waals surface area contributed by atoms with Gasteiger partial charge in [-0.1, -0.05) is 18.9 Å². The summed E-state index contributed by atoms with van der Waals surface area (Å²) in [4.78, 5) is 8.71. The minimum Gasteiger partial charge on any atom is -0.351 e. The molecule has 1 N–H and O–H groups in total. The summed E-state index contributed by atoms with van der Waals surface area (Å²) in [5.41, 5.74) is 0.534. The summed E-state index contributed by atoms with van der Waals surface area (Å²) in [5, 5.41) is 14.1. The van der Waals surface area contributed by atoms with Gasteiger partial charge in [0.05, 0.1) is 6.54 Å². The molecule has 1 spiro atoms. The second-order valence-corrected chi connectivity index (χ2v) is 8.71. The number of nitrogens with zero attached hydrogens (tertiary/aromatic N) is 5. The zero-order valence-corrected chi connectivity index (χ0v) is 19.3. The van der Waals surface area contributed by atoms with E-state index in [1.54, 1.807) is 11.3 Å². The lowest BCUT2D eigenvalue weighted by atomic mass is 9.86. The quantitative estimate of drug-likeness (QED) is 0.395. The minimum absolute atomic E-state index is 0. The molecule has 0 amide bonds. The lowest BCUT2D eigenvalue weighted by Gasteiger charge is -2.26. The molecule has 0 unspecified atom stereocenters. The third-order valence-electron chi connectivity index (χ3n) is 5.96. The maximum Gasteiger partial charge on any atom is 0.194 e. The summed E-state index contributed by atoms with van der Waals surface area (Å²) in [5.74, 6) is 2.85. The summed E-state index contributed by atoms with van der Waals surface area (Å²) in [6.07, 6.45) is 6.84. The van der Waals surface area contributed by atoms with Crippen molar-refractivity contribution < 1.29 is 0 Å². The van der Waals surface area contributed by atoms with Crippen LogP contribution in [0.4, 0.5) is 0 Å². The van der Waals surface area contributed by atoms with Crippen LogP contribution in [0.25, 0.3) is 0 Å². The number of halogens is 1. The summed E-state index contributed by atoms with van der Waals surface area (Å²) in [6.45, 7) is 5.61. The first kappa shape index (κ1) is 20.6. The molecular weight excluding hydrogens is 471 g/mol. The van der Waals surface area contributed by atoms with Gasteiger partial charge < -0.3 is 14.8 Å². The van der Waals surface area contributed by atoms with Crippen LogP contribution in [0.3, 0.4) is 0 Å². The highest BCUT2D eigenvalue weighted by Gasteiger charge is 2.41. The first-order chi connectivity index (χ1) is 12.7. The number of aryl methyl sites for hydroxylation is 1. The fourth-order valence-corrected chi connectivity index (χ4v) is 4.87. The van der Waals surface area contributed by atoms with Gasteiger partial charge >= 0.3 is 0 Å². The molecule has 2 fully saturated rings. The normalized spacial score (nSPS) is 18.9. The lowest BCUT2D eigenvalue weighted by molar-refractivity contribution is 0.309. The standard InChI is InChI=1S/C19H28N6S.HI/c1-15-22-23-17(24(15)2)13-21-18(20-12-16-6-5-11-26-16)25-10-9-19(14-25)7-3-4-8-19;/h5-6,11H,3-4,7-10,12-14H2,1-2H3,(H,20,21);1H. The van der Waals surface area contributed by atoms with Crippen LogP contribution in [0.15, 0.2) is 22.5 Å². The number of aromatic nitrogens is 3. The molecule has 2 aromatic rings. The highest BCUT2D eigenvalue weighted by Crippen LogP contribution is 2.45. The van der Waals surface area contributed by atoms with Gasteiger partial charge in [0.2, 0.25) is 0 Å². The number of thiophene rings is 1. The second-order valence-electron chi connectivity index (χ2n) is 7.67. The number of likely N-dealkylation sites (tertiary alicyclic amines) is 1. The van der Waals surface area contributed by atoms with Gasteiger partial charge in [-0.05, 0) is 43.0 Å². The highest BCUT2D eigenvalue weighted by atomic mass is 127. The molecular formula is C19H29IN6S. The van der Waals surface area contributed by atoms with Crippen LogP contribution < -0.4 is 5.32 Å². The summed E-state index contributed by atoms with van der Waals surface area (Å²) in [6, 6.07) is 4.27. The first-order valence-electron chi connectivity index (χ1n) is 9.56. The van der Waals surface area contributed by atoms with Crippen molar-refractivity contribution in [3.8, 4) is 0 Å². The molecule has 0 aromatic carbocycles. The van der Waals surface area contributed by atoms with Crippen molar-refractivity contribution in [2.45, 2.75) is 52.1 Å². The Morgan fingerprint density at radius 3 is 2.78 bits per heavy atom. The average Bonchev–Trinajstić information content (AvgIpc) is 3.43. The van der Waals surface area contributed by atoms with Crippen LogP contribution >= 0.6 is 35.3 Å². The molecule has 2 aromatic heterocycles. The van der Waals surface area contributed by atoms with Gasteiger partial charge in [-0.2, -0.15) is 0 Å². The van der Waals surface area contributed by atoms with Gasteiger partial charge in [0.25, 0.3) is 0 Å². The van der Waals surface area contributed by atoms with E-state index in [4.69, 9.17) is 4.99 Å². The van der Waals surface area contributed by atoms with Crippen LogP contribution in [0.1, 0.15) is 48.6 Å². The molecule has 0 atom stereocenters. The van der Waals surface area contributed by atoms with Crippen molar-refractivity contribution in [2.75, 3.05) is 13.1 Å². The number of nitrogens with one attached hydrogen (secondary N) is 1. The third-order valence-corrected chi connectivity index (χ3v) is 6.83. The van der Waals surface area contributed by atoms with Crippen molar-refractivity contribution in [1.82, 2.24) is 25.0 Å². The molecule has 0 radical (unpaired) electrons. The lowest BCUT2D eigenvalue weighted by Crippen LogP contribution is -2.40. The fourth-order valence-electron chi connectivity index (χ4n) is 4.23. The van der Waals surface area contributed by atoms with E-state index < -0.39 is 0 Å². The number of rotatable bonds is 4. The number of aliphatic imine (C=N–C) groups is 1. The monoisotopic (exact) mass is 500 g/mol. The Labute approximate surface area is 182 Å². The zero-order valence-electron chi connectivity index (χ0n) is 16.1. The smallest absolute Gasteiger partial charge is 0.194 e. The number of guanidine groups is 1. The van der Waals surface area contributed by atoms with Crippen molar-refractivity contribution in [2.24, 2.45) is 17.5 Å². The zero-order chi connectivity index (χ0) is 18.0. The predicted octanol–water partition coefficient (Wildman–Crippen LogP) is 3.71. The van der Waals surface area contributed by atoms with E-state index in [9.17, 15) is 0 Å². The molecule has 148 valence electrons. The molecule has 3 heterocycles. The van der Waals surface area contributed by atoms with Crippen LogP contribution in [-0.4, -0.2) is 38.7 Å². The van der Waals surface area contributed by atoms with E-state index in [0.717, 1.165) is 37.2 Å². The van der Waals surface area contributed by atoms with Crippen molar-refractivity contribution in [3.63, 3.8) is 0 Å². The van der Waals surface area contributed by atoms with Gasteiger partial charge in [0.1, 0.15) is 12.4 Å². The minimum atomic E-state index is 0. The average molecular weight is 500 g/mol. The Morgan fingerprint density at radius 2 is 2.11 bits per heavy atom. The van der Waals surface area contributed by atoms with E-state index in [1.807, 2.05) is 18.5 Å². The Balaban J connectivity index is 0.00000210. The van der Waals surface area contributed by atoms with Crippen LogP contribution in [-0.2, 0) is 20.1 Å². The summed E-state index contributed by atoms with van der Waals surface area (Å²) < 4.78 is 2.02. The van der Waals surface area contributed by atoms with Crippen LogP contribution in [0.5, 0.6) is 0 Å². The Morgan fingerprint density at radius 1 is 1.30 bits per heavy atom. The Kier molecular flexibility index (Phi) is 6.78. The molecule has 1 saturated heterocycles. The van der Waals surface area contributed by atoms with E-state index in [0.29, 0.717) is 12.0 Å². The largest absolute Gasteiger partial charge is 0.351 e. The van der Waals surface area contributed by atoms with E-state index in [1.165, 1.54) is 37.0 Å². The molecule has 1 aliphatic carbocycles. The van der Waals surface area contributed by atoms with Crippen LogP contribution in [0.2, 0.25) is 0 Å². The molecule has 6 nitrogen and oxygen atoms in total. The number of hydrogen-bond donors (Lipinski definition) is 1. The molecule has 1 saturated carbocycles. The topological polar surface area (TPSA) is 58.3 Å². The van der Waals surface area contributed by atoms with Gasteiger partial charge in [0, 0.05) is 25.0 Å². The first-order valence-corrected chi connectivity index (χ1v) is 10.4. The third kappa shape index (κ3) is 4.64. The van der Waals surface area contributed by atoms with E-state index >= 15 is 0 Å². The highest BCUT2D eigenvalue weighted by molar-refractivity contribution is 14.0. The molecule has 0 bridgehead atoms. The Hall–Kier alpha value is -1.16. The second kappa shape index (κ2) is 8.89. The van der Waals surface area contributed by atoms with Crippen molar-refractivity contribution in [1.29, 1.82) is 0 Å². The maximum absolute atomic E-state index is 4.92. The van der Waals surface area contributed by atoms with E-state index in [2.05, 4.69) is 37.9 Å². The SMILES string of the molecule is Cc1nnc(CN=C(NCc2cccs2)N2CCC3(CCCC3)C2)n1C.I. The van der Waals surface area contributed by atoms with Crippen LogP contribution in [0, 0.1) is 12.3 Å². The van der Waals surface area contributed by atoms with Gasteiger partial charge in [-0.15, -0.1) is 45.5 Å².